The third-order valence-corrected chi connectivity index (χ3v) is 2.93. The molecule has 1 aromatic carbocycles. The number of nitrogens with zero attached hydrogens (tertiary/aromatic N) is 1. The van der Waals surface area contributed by atoms with Crippen molar-refractivity contribution in [3.05, 3.63) is 35.6 Å². The SMILES string of the molecule is CC(C)NCc1c(CN(C)C)oc2ccccc12. The molecule has 0 saturated carbocycles. The van der Waals surface area contributed by atoms with Crippen molar-refractivity contribution in [1.29, 1.82) is 0 Å². The Morgan fingerprint density at radius 3 is 2.61 bits per heavy atom. The minimum Gasteiger partial charge on any atom is -0.459 e. The molecule has 0 aliphatic carbocycles. The first-order valence-electron chi connectivity index (χ1n) is 6.45. The number of furan rings is 1. The van der Waals surface area contributed by atoms with Gasteiger partial charge in [-0.15, -0.1) is 0 Å². The van der Waals surface area contributed by atoms with Crippen LogP contribution in [0.4, 0.5) is 0 Å². The van der Waals surface area contributed by atoms with Crippen molar-refractivity contribution < 1.29 is 4.42 Å². The molecule has 0 radical (unpaired) electrons. The molecule has 2 aromatic rings. The maximum Gasteiger partial charge on any atom is 0.134 e. The quantitative estimate of drug-likeness (QED) is 0.879. The average molecular weight is 246 g/mol. The highest BCUT2D eigenvalue weighted by Crippen LogP contribution is 2.26. The van der Waals surface area contributed by atoms with Gasteiger partial charge in [0.15, 0.2) is 0 Å². The third kappa shape index (κ3) is 2.92. The molecular formula is C15H22N2O. The molecule has 0 atom stereocenters. The van der Waals surface area contributed by atoms with Crippen LogP contribution in [0.2, 0.25) is 0 Å². The highest BCUT2D eigenvalue weighted by atomic mass is 16.3. The van der Waals surface area contributed by atoms with E-state index in [0.29, 0.717) is 6.04 Å². The summed E-state index contributed by atoms with van der Waals surface area (Å²) in [5.41, 5.74) is 2.27. The molecule has 3 heteroatoms. The van der Waals surface area contributed by atoms with Gasteiger partial charge in [-0.1, -0.05) is 32.0 Å². The highest BCUT2D eigenvalue weighted by molar-refractivity contribution is 5.82. The molecule has 2 rings (SSSR count). The predicted octanol–water partition coefficient (Wildman–Crippen LogP) is 2.99. The largest absolute Gasteiger partial charge is 0.459 e. The van der Waals surface area contributed by atoms with Gasteiger partial charge in [0.25, 0.3) is 0 Å². The Morgan fingerprint density at radius 2 is 1.94 bits per heavy atom. The van der Waals surface area contributed by atoms with Gasteiger partial charge in [-0.2, -0.15) is 0 Å². The van der Waals surface area contributed by atoms with Crippen molar-refractivity contribution in [2.24, 2.45) is 0 Å². The van der Waals surface area contributed by atoms with E-state index in [0.717, 1.165) is 24.4 Å². The molecular weight excluding hydrogens is 224 g/mol. The number of para-hydroxylation sites is 1. The van der Waals surface area contributed by atoms with Crippen molar-refractivity contribution >= 4 is 11.0 Å². The number of benzene rings is 1. The first kappa shape index (κ1) is 13.1. The highest BCUT2D eigenvalue weighted by Gasteiger charge is 2.14. The summed E-state index contributed by atoms with van der Waals surface area (Å²) in [5, 5.41) is 4.70. The Labute approximate surface area is 109 Å². The Hall–Kier alpha value is -1.32. The van der Waals surface area contributed by atoms with Crippen LogP contribution >= 0.6 is 0 Å². The summed E-state index contributed by atoms with van der Waals surface area (Å²) < 4.78 is 5.96. The van der Waals surface area contributed by atoms with E-state index in [4.69, 9.17) is 4.42 Å². The number of hydrogen-bond donors (Lipinski definition) is 1. The zero-order chi connectivity index (χ0) is 13.1. The molecule has 0 spiro atoms. The van der Waals surface area contributed by atoms with Gasteiger partial charge >= 0.3 is 0 Å². The summed E-state index contributed by atoms with van der Waals surface area (Å²) in [5.74, 6) is 1.06. The summed E-state index contributed by atoms with van der Waals surface area (Å²) in [6.45, 7) is 6.02. The van der Waals surface area contributed by atoms with Crippen LogP contribution in [-0.4, -0.2) is 25.0 Å². The smallest absolute Gasteiger partial charge is 0.134 e. The fourth-order valence-electron chi connectivity index (χ4n) is 2.06. The Balaban J connectivity index is 2.37. The van der Waals surface area contributed by atoms with E-state index in [1.165, 1.54) is 10.9 Å². The van der Waals surface area contributed by atoms with Gasteiger partial charge in [0.05, 0.1) is 6.54 Å². The predicted molar refractivity (Wildman–Crippen MR) is 75.6 cm³/mol. The van der Waals surface area contributed by atoms with Crippen molar-refractivity contribution in [2.75, 3.05) is 14.1 Å². The van der Waals surface area contributed by atoms with Crippen molar-refractivity contribution in [3.8, 4) is 0 Å². The second-order valence-corrected chi connectivity index (χ2v) is 5.27. The van der Waals surface area contributed by atoms with Gasteiger partial charge in [-0.25, -0.2) is 0 Å². The number of fused-ring (bicyclic) bond motifs is 1. The summed E-state index contributed by atoms with van der Waals surface area (Å²) in [6.07, 6.45) is 0. The van der Waals surface area contributed by atoms with Crippen LogP contribution in [0, 0.1) is 0 Å². The average Bonchev–Trinajstić information content (AvgIpc) is 2.62. The summed E-state index contributed by atoms with van der Waals surface area (Å²) in [6, 6.07) is 8.73. The number of hydrogen-bond acceptors (Lipinski definition) is 3. The molecule has 0 unspecified atom stereocenters. The topological polar surface area (TPSA) is 28.4 Å². The lowest BCUT2D eigenvalue weighted by Gasteiger charge is -2.11. The minimum absolute atomic E-state index is 0.478. The fourth-order valence-corrected chi connectivity index (χ4v) is 2.06. The van der Waals surface area contributed by atoms with Crippen LogP contribution in [0.1, 0.15) is 25.2 Å². The van der Waals surface area contributed by atoms with Gasteiger partial charge < -0.3 is 14.6 Å². The maximum atomic E-state index is 5.96. The van der Waals surface area contributed by atoms with Crippen molar-refractivity contribution in [3.63, 3.8) is 0 Å². The number of rotatable bonds is 5. The Kier molecular flexibility index (Phi) is 4.04. The summed E-state index contributed by atoms with van der Waals surface area (Å²) in [7, 11) is 4.12. The second-order valence-electron chi connectivity index (χ2n) is 5.27. The summed E-state index contributed by atoms with van der Waals surface area (Å²) in [4.78, 5) is 2.14. The molecule has 0 aliphatic heterocycles. The van der Waals surface area contributed by atoms with Gasteiger partial charge in [-0.3, -0.25) is 0 Å². The van der Waals surface area contributed by atoms with Crippen LogP contribution in [0.15, 0.2) is 28.7 Å². The molecule has 3 nitrogen and oxygen atoms in total. The minimum atomic E-state index is 0.478. The van der Waals surface area contributed by atoms with E-state index < -0.39 is 0 Å². The van der Waals surface area contributed by atoms with E-state index >= 15 is 0 Å². The molecule has 1 N–H and O–H groups in total. The normalized spacial score (nSPS) is 11.9. The fraction of sp³-hybridized carbons (Fsp3) is 0.467. The van der Waals surface area contributed by atoms with Crippen molar-refractivity contribution in [1.82, 2.24) is 10.2 Å². The lowest BCUT2D eigenvalue weighted by Crippen LogP contribution is -2.23. The molecule has 18 heavy (non-hydrogen) atoms. The van der Waals surface area contributed by atoms with Crippen LogP contribution in [0.5, 0.6) is 0 Å². The first-order valence-corrected chi connectivity index (χ1v) is 6.45. The standard InChI is InChI=1S/C15H22N2O/c1-11(2)16-9-13-12-7-5-6-8-14(12)18-15(13)10-17(3)4/h5-8,11,16H,9-10H2,1-4H3. The van der Waals surface area contributed by atoms with Gasteiger partial charge in [0.1, 0.15) is 11.3 Å². The Morgan fingerprint density at radius 1 is 1.22 bits per heavy atom. The van der Waals surface area contributed by atoms with E-state index in [-0.39, 0.29) is 0 Å². The lowest BCUT2D eigenvalue weighted by atomic mass is 10.1. The van der Waals surface area contributed by atoms with Gasteiger partial charge in [0.2, 0.25) is 0 Å². The first-order chi connectivity index (χ1) is 8.58. The monoisotopic (exact) mass is 246 g/mol. The van der Waals surface area contributed by atoms with Crippen LogP contribution in [0.3, 0.4) is 0 Å². The van der Waals surface area contributed by atoms with E-state index in [1.54, 1.807) is 0 Å². The molecule has 0 amide bonds. The van der Waals surface area contributed by atoms with Crippen molar-refractivity contribution in [2.45, 2.75) is 33.0 Å². The third-order valence-electron chi connectivity index (χ3n) is 2.93. The zero-order valence-corrected chi connectivity index (χ0v) is 11.7. The van der Waals surface area contributed by atoms with Crippen LogP contribution < -0.4 is 5.32 Å². The van der Waals surface area contributed by atoms with Gasteiger partial charge in [0, 0.05) is 23.5 Å². The van der Waals surface area contributed by atoms with Crippen LogP contribution in [0.25, 0.3) is 11.0 Å². The van der Waals surface area contributed by atoms with Crippen LogP contribution in [-0.2, 0) is 13.1 Å². The number of nitrogens with one attached hydrogen (secondary N) is 1. The van der Waals surface area contributed by atoms with Gasteiger partial charge in [-0.05, 0) is 20.2 Å². The molecule has 1 aromatic heterocycles. The molecule has 0 bridgehead atoms. The van der Waals surface area contributed by atoms with E-state index in [9.17, 15) is 0 Å². The molecule has 1 heterocycles. The van der Waals surface area contributed by atoms with E-state index in [1.807, 2.05) is 12.1 Å². The van der Waals surface area contributed by atoms with E-state index in [2.05, 4.69) is 50.3 Å². The summed E-state index contributed by atoms with van der Waals surface area (Å²) >= 11 is 0. The maximum absolute atomic E-state index is 5.96. The zero-order valence-electron chi connectivity index (χ0n) is 11.7. The Bertz CT molecular complexity index is 514. The molecule has 98 valence electrons. The molecule has 0 fully saturated rings. The second kappa shape index (κ2) is 5.55. The molecule has 0 aliphatic rings. The lowest BCUT2D eigenvalue weighted by molar-refractivity contribution is 0.354. The molecule has 0 saturated heterocycles.